The van der Waals surface area contributed by atoms with Crippen molar-refractivity contribution >= 4 is 34.8 Å². The van der Waals surface area contributed by atoms with Gasteiger partial charge >= 0.3 is 12.2 Å². The number of hydrogen-bond donors (Lipinski definition) is 4. The Bertz CT molecular complexity index is 2360. The Kier molecular flexibility index (Phi) is 9.63. The normalized spacial score (nSPS) is 19.5. The standard InChI is InChI=1S/C41H41N9O6/c1-55-39(53)45-20-35(51)49-22-24(17-42)13-33(49)37-43-19-32(48-37)30-10-9-28-14-27(7-8-29(28)15-30)25-3-5-26(6-4-25)31-18-44-38(47-31)34-16-41(11-12-41)23-50(34)36(52)21-46-40(54)56-2/h3-10,14-15,18-19,24,33-34H,11-13,16,20-23H2,1-2H3,(H,43,48)(H,44,47)(H,45,53)(H,46,54)/t24-,33+,34+/m1/s1. The highest BCUT2D eigenvalue weighted by atomic mass is 16.5. The number of aromatic nitrogens is 4. The van der Waals surface area contributed by atoms with Gasteiger partial charge < -0.3 is 39.9 Å². The van der Waals surface area contributed by atoms with Crippen LogP contribution in [0.2, 0.25) is 0 Å². The number of carbonyl (C=O) groups excluding carboxylic acids is 4. The number of hydrogen-bond acceptors (Lipinski definition) is 9. The number of nitriles is 1. The van der Waals surface area contributed by atoms with Crippen molar-refractivity contribution in [3.05, 3.63) is 84.7 Å². The van der Waals surface area contributed by atoms with Crippen LogP contribution in [0.25, 0.3) is 44.4 Å². The van der Waals surface area contributed by atoms with Gasteiger partial charge in [0.2, 0.25) is 11.8 Å². The number of carbonyl (C=O) groups is 4. The maximum atomic E-state index is 13.1. The molecule has 4 N–H and O–H groups in total. The topological polar surface area (TPSA) is 198 Å². The molecule has 4 heterocycles. The van der Waals surface area contributed by atoms with Crippen LogP contribution < -0.4 is 10.6 Å². The van der Waals surface area contributed by atoms with Crippen LogP contribution in [0.15, 0.2) is 73.1 Å². The van der Waals surface area contributed by atoms with E-state index in [1.165, 1.54) is 14.2 Å². The Morgan fingerprint density at radius 2 is 1.30 bits per heavy atom. The molecule has 2 aromatic heterocycles. The first-order chi connectivity index (χ1) is 27.2. The van der Waals surface area contributed by atoms with E-state index in [2.05, 4.69) is 95.7 Å². The van der Waals surface area contributed by atoms with Gasteiger partial charge in [-0.25, -0.2) is 19.6 Å². The zero-order chi connectivity index (χ0) is 39.0. The minimum atomic E-state index is -0.698. The number of H-pyrrole nitrogens is 2. The van der Waals surface area contributed by atoms with E-state index in [0.717, 1.165) is 69.5 Å². The summed E-state index contributed by atoms with van der Waals surface area (Å²) < 4.78 is 9.20. The van der Waals surface area contributed by atoms with E-state index in [1.807, 2.05) is 17.2 Å². The fourth-order valence-corrected chi connectivity index (χ4v) is 7.95. The van der Waals surface area contributed by atoms with Gasteiger partial charge in [0.25, 0.3) is 0 Å². The number of methoxy groups -OCH3 is 2. The number of fused-ring (bicyclic) bond motifs is 1. The number of benzene rings is 3. The third-order valence-corrected chi connectivity index (χ3v) is 11.2. The van der Waals surface area contributed by atoms with Crippen LogP contribution in [0.3, 0.4) is 0 Å². The number of alkyl carbamates (subject to hydrolysis) is 2. The molecule has 15 heteroatoms. The van der Waals surface area contributed by atoms with Crippen molar-refractivity contribution in [2.24, 2.45) is 11.3 Å². The lowest BCUT2D eigenvalue weighted by Gasteiger charge is -2.23. The predicted octanol–water partition coefficient (Wildman–Crippen LogP) is 5.47. The zero-order valence-corrected chi connectivity index (χ0v) is 31.0. The smallest absolute Gasteiger partial charge is 0.407 e. The Morgan fingerprint density at radius 1 is 0.768 bits per heavy atom. The SMILES string of the molecule is COC(=O)NCC(=O)N1C[C@@H](C#N)C[C@H]1c1ncc(-c2ccc3cc(-c4ccc(-c5cnc([C@@H]6CC7(CC7)CN6C(=O)CNC(=O)OC)[nH]5)cc4)ccc3c2)[nH]1. The summed E-state index contributed by atoms with van der Waals surface area (Å²) >= 11 is 0. The summed E-state index contributed by atoms with van der Waals surface area (Å²) in [5.74, 6) is 0.516. The fraction of sp³-hybridized carbons (Fsp3) is 0.341. The minimum absolute atomic E-state index is 0.120. The van der Waals surface area contributed by atoms with E-state index < -0.39 is 18.2 Å². The number of amides is 4. The molecule has 0 radical (unpaired) electrons. The maximum Gasteiger partial charge on any atom is 0.407 e. The second-order valence-electron chi connectivity index (χ2n) is 14.8. The average molecular weight is 756 g/mol. The quantitative estimate of drug-likeness (QED) is 0.151. The molecule has 2 aliphatic heterocycles. The number of aromatic amines is 2. The van der Waals surface area contributed by atoms with Gasteiger partial charge in [0.1, 0.15) is 24.7 Å². The van der Waals surface area contributed by atoms with E-state index in [4.69, 9.17) is 4.98 Å². The molecule has 0 bridgehead atoms. The molecule has 1 saturated carbocycles. The molecule has 286 valence electrons. The van der Waals surface area contributed by atoms with Gasteiger partial charge in [-0.15, -0.1) is 0 Å². The maximum absolute atomic E-state index is 13.1. The molecule has 56 heavy (non-hydrogen) atoms. The molecule has 2 saturated heterocycles. The summed E-state index contributed by atoms with van der Waals surface area (Å²) in [6.07, 6.45) is 5.68. The highest BCUT2D eigenvalue weighted by molar-refractivity contribution is 5.91. The molecular formula is C41H41N9O6. The third kappa shape index (κ3) is 7.25. The van der Waals surface area contributed by atoms with Crippen molar-refractivity contribution in [2.45, 2.75) is 37.8 Å². The highest BCUT2D eigenvalue weighted by Crippen LogP contribution is 2.58. The van der Waals surface area contributed by atoms with E-state index >= 15 is 0 Å². The number of nitrogens with zero attached hydrogens (tertiary/aromatic N) is 5. The van der Waals surface area contributed by atoms with Crippen LogP contribution in [0, 0.1) is 22.7 Å². The summed E-state index contributed by atoms with van der Waals surface area (Å²) in [6.45, 7) is 0.564. The number of imidazole rings is 2. The van der Waals surface area contributed by atoms with Crippen LogP contribution in [0.5, 0.6) is 0 Å². The minimum Gasteiger partial charge on any atom is -0.453 e. The summed E-state index contributed by atoms with van der Waals surface area (Å²) in [7, 11) is 2.50. The van der Waals surface area contributed by atoms with Gasteiger partial charge in [0, 0.05) is 18.7 Å². The van der Waals surface area contributed by atoms with Crippen molar-refractivity contribution in [3.63, 3.8) is 0 Å². The van der Waals surface area contributed by atoms with Crippen molar-refractivity contribution in [2.75, 3.05) is 40.4 Å². The molecule has 5 aromatic rings. The largest absolute Gasteiger partial charge is 0.453 e. The first-order valence-corrected chi connectivity index (χ1v) is 18.5. The Labute approximate surface area is 322 Å². The molecule has 3 atom stereocenters. The number of likely N-dealkylation sites (tertiary alicyclic amines) is 2. The summed E-state index contributed by atoms with van der Waals surface area (Å²) in [5.41, 5.74) is 5.84. The number of nitrogens with one attached hydrogen (secondary N) is 4. The van der Waals surface area contributed by atoms with Gasteiger partial charge in [-0.1, -0.05) is 48.5 Å². The van der Waals surface area contributed by atoms with Crippen LogP contribution >= 0.6 is 0 Å². The lowest BCUT2D eigenvalue weighted by Crippen LogP contribution is -2.40. The number of rotatable bonds is 9. The zero-order valence-electron chi connectivity index (χ0n) is 31.0. The summed E-state index contributed by atoms with van der Waals surface area (Å²) in [5, 5.41) is 16.6. The molecule has 4 amide bonds. The highest BCUT2D eigenvalue weighted by Gasteiger charge is 2.54. The lowest BCUT2D eigenvalue weighted by atomic mass is 9.98. The first-order valence-electron chi connectivity index (χ1n) is 18.5. The molecule has 3 aromatic carbocycles. The van der Waals surface area contributed by atoms with Gasteiger partial charge in [0.05, 0.1) is 62.1 Å². The summed E-state index contributed by atoms with van der Waals surface area (Å²) in [6, 6.07) is 22.5. The van der Waals surface area contributed by atoms with Crippen molar-refractivity contribution < 1.29 is 28.7 Å². The molecule has 3 fully saturated rings. The van der Waals surface area contributed by atoms with Gasteiger partial charge in [0.15, 0.2) is 0 Å². The Balaban J connectivity index is 0.946. The third-order valence-electron chi connectivity index (χ3n) is 11.2. The van der Waals surface area contributed by atoms with Crippen molar-refractivity contribution in [1.82, 2.24) is 40.4 Å². The van der Waals surface area contributed by atoms with Crippen LogP contribution in [0.4, 0.5) is 9.59 Å². The lowest BCUT2D eigenvalue weighted by molar-refractivity contribution is -0.132. The summed E-state index contributed by atoms with van der Waals surface area (Å²) in [4.78, 5) is 68.7. The number of ether oxygens (including phenoxy) is 2. The van der Waals surface area contributed by atoms with E-state index in [9.17, 15) is 24.4 Å². The predicted molar refractivity (Wildman–Crippen MR) is 204 cm³/mol. The van der Waals surface area contributed by atoms with Crippen LogP contribution in [-0.2, 0) is 19.1 Å². The molecule has 1 aliphatic carbocycles. The Hall–Kier alpha value is -6.69. The van der Waals surface area contributed by atoms with Gasteiger partial charge in [-0.3, -0.25) is 9.59 Å². The Morgan fingerprint density at radius 3 is 1.91 bits per heavy atom. The van der Waals surface area contributed by atoms with Crippen LogP contribution in [0.1, 0.15) is 49.4 Å². The molecule has 15 nitrogen and oxygen atoms in total. The van der Waals surface area contributed by atoms with Gasteiger partial charge in [-0.05, 0) is 70.7 Å². The van der Waals surface area contributed by atoms with E-state index in [1.54, 1.807) is 11.1 Å². The monoisotopic (exact) mass is 755 g/mol. The first kappa shape index (κ1) is 36.3. The average Bonchev–Trinajstić information content (AvgIpc) is 3.73. The van der Waals surface area contributed by atoms with Crippen LogP contribution in [-0.4, -0.2) is 94.1 Å². The molecule has 1 spiro atoms. The van der Waals surface area contributed by atoms with E-state index in [0.29, 0.717) is 18.8 Å². The second kappa shape index (κ2) is 14.9. The van der Waals surface area contributed by atoms with Crippen molar-refractivity contribution in [3.8, 4) is 39.7 Å². The second-order valence-corrected chi connectivity index (χ2v) is 14.8. The van der Waals surface area contributed by atoms with Crippen molar-refractivity contribution in [1.29, 1.82) is 5.26 Å². The van der Waals surface area contributed by atoms with Gasteiger partial charge in [-0.2, -0.15) is 5.26 Å². The fourth-order valence-electron chi connectivity index (χ4n) is 7.95. The molecule has 0 unspecified atom stereocenters. The van der Waals surface area contributed by atoms with E-state index in [-0.39, 0.29) is 48.8 Å². The molecule has 8 rings (SSSR count). The molecular weight excluding hydrogens is 715 g/mol. The molecule has 3 aliphatic rings.